The number of rotatable bonds is 15. The summed E-state index contributed by atoms with van der Waals surface area (Å²) in [7, 11) is 0. The molecule has 0 aromatic carbocycles. The second kappa shape index (κ2) is 24.9. The molecule has 0 aromatic rings. The zero-order valence-corrected chi connectivity index (χ0v) is 15.6. The molecule has 0 spiro atoms. The molecule has 0 bridgehead atoms. The summed E-state index contributed by atoms with van der Waals surface area (Å²) in [4.78, 5) is 0. The van der Waals surface area contributed by atoms with Gasteiger partial charge in [0, 0.05) is 0 Å². The lowest BCUT2D eigenvalue weighted by molar-refractivity contribution is 0.578. The summed E-state index contributed by atoms with van der Waals surface area (Å²) in [6.45, 7) is 7.67. The van der Waals surface area contributed by atoms with E-state index in [4.69, 9.17) is 5.73 Å². The van der Waals surface area contributed by atoms with Crippen molar-refractivity contribution in [1.29, 1.82) is 0 Å². The van der Waals surface area contributed by atoms with Crippen LogP contribution in [0.2, 0.25) is 0 Å². The molecule has 0 saturated carbocycles. The highest BCUT2D eigenvalue weighted by molar-refractivity contribution is 4.46. The van der Waals surface area contributed by atoms with Gasteiger partial charge in [0.1, 0.15) is 0 Å². The Hall–Kier alpha value is -0.0400. The number of hydrogen-bond donors (Lipinski definition) is 1. The Morgan fingerprint density at radius 2 is 0.619 bits per heavy atom. The van der Waals surface area contributed by atoms with Crippen molar-refractivity contribution in [2.24, 2.45) is 5.73 Å². The minimum atomic E-state index is 0.870. The van der Waals surface area contributed by atoms with Gasteiger partial charge in [-0.1, -0.05) is 117 Å². The minimum absolute atomic E-state index is 0.870. The van der Waals surface area contributed by atoms with Crippen LogP contribution in [-0.2, 0) is 0 Å². The predicted molar refractivity (Wildman–Crippen MR) is 99.9 cm³/mol. The number of hydrogen-bond acceptors (Lipinski definition) is 1. The molecule has 0 aliphatic carbocycles. The molecule has 1 nitrogen and oxygen atoms in total. The molecule has 0 fully saturated rings. The third-order valence-corrected chi connectivity index (χ3v) is 4.01. The van der Waals surface area contributed by atoms with Gasteiger partial charge in [-0.3, -0.25) is 0 Å². The topological polar surface area (TPSA) is 26.0 Å². The summed E-state index contributed by atoms with van der Waals surface area (Å²) < 4.78 is 0. The SMILES string of the molecule is CCCCCCCCCC.CCCCCCCCCCN. The molecule has 0 atom stereocenters. The Bertz CT molecular complexity index is 129. The van der Waals surface area contributed by atoms with Crippen molar-refractivity contribution in [2.45, 2.75) is 124 Å². The zero-order chi connectivity index (χ0) is 16.0. The molecule has 0 aliphatic heterocycles. The van der Waals surface area contributed by atoms with Gasteiger partial charge >= 0.3 is 0 Å². The van der Waals surface area contributed by atoms with E-state index < -0.39 is 0 Å². The lowest BCUT2D eigenvalue weighted by Gasteiger charge is -1.99. The molecule has 2 N–H and O–H groups in total. The van der Waals surface area contributed by atoms with Crippen LogP contribution < -0.4 is 5.73 Å². The van der Waals surface area contributed by atoms with E-state index in [-0.39, 0.29) is 0 Å². The Morgan fingerprint density at radius 3 is 0.857 bits per heavy atom. The van der Waals surface area contributed by atoms with Crippen molar-refractivity contribution in [3.05, 3.63) is 0 Å². The van der Waals surface area contributed by atoms with Crippen LogP contribution in [0.25, 0.3) is 0 Å². The van der Waals surface area contributed by atoms with E-state index in [9.17, 15) is 0 Å². The van der Waals surface area contributed by atoms with E-state index in [1.165, 1.54) is 103 Å². The highest BCUT2D eigenvalue weighted by Crippen LogP contribution is 2.08. The number of unbranched alkanes of at least 4 members (excludes halogenated alkanes) is 14. The zero-order valence-electron chi connectivity index (χ0n) is 15.6. The van der Waals surface area contributed by atoms with Crippen LogP contribution in [0.1, 0.15) is 124 Å². The van der Waals surface area contributed by atoms with Crippen LogP contribution in [-0.4, -0.2) is 6.54 Å². The maximum atomic E-state index is 5.39. The second-order valence-electron chi connectivity index (χ2n) is 6.38. The molecular formula is C20H45N. The van der Waals surface area contributed by atoms with Crippen LogP contribution in [0, 0.1) is 0 Å². The lowest BCUT2D eigenvalue weighted by Crippen LogP contribution is -1.97. The lowest BCUT2D eigenvalue weighted by atomic mass is 10.1. The van der Waals surface area contributed by atoms with Gasteiger partial charge < -0.3 is 5.73 Å². The molecule has 0 rings (SSSR count). The van der Waals surface area contributed by atoms with Crippen molar-refractivity contribution < 1.29 is 0 Å². The van der Waals surface area contributed by atoms with Gasteiger partial charge in [-0.2, -0.15) is 0 Å². The van der Waals surface area contributed by atoms with E-state index in [1.807, 2.05) is 0 Å². The summed E-state index contributed by atoms with van der Waals surface area (Å²) in [5, 5.41) is 0. The van der Waals surface area contributed by atoms with Gasteiger partial charge in [0.05, 0.1) is 0 Å². The molecule has 0 heterocycles. The Labute approximate surface area is 136 Å². The molecule has 0 unspecified atom stereocenters. The second-order valence-corrected chi connectivity index (χ2v) is 6.38. The third-order valence-electron chi connectivity index (χ3n) is 4.01. The molecule has 0 saturated heterocycles. The van der Waals surface area contributed by atoms with E-state index in [2.05, 4.69) is 20.8 Å². The van der Waals surface area contributed by atoms with Gasteiger partial charge in [-0.05, 0) is 13.0 Å². The van der Waals surface area contributed by atoms with E-state index >= 15 is 0 Å². The van der Waals surface area contributed by atoms with Gasteiger partial charge in [0.2, 0.25) is 0 Å². The normalized spacial score (nSPS) is 10.3. The van der Waals surface area contributed by atoms with Crippen LogP contribution in [0.5, 0.6) is 0 Å². The first-order valence-corrected chi connectivity index (χ1v) is 10.0. The molecule has 0 aromatic heterocycles. The van der Waals surface area contributed by atoms with Gasteiger partial charge in [-0.25, -0.2) is 0 Å². The molecule has 0 radical (unpaired) electrons. The van der Waals surface area contributed by atoms with Crippen molar-refractivity contribution in [2.75, 3.05) is 6.54 Å². The monoisotopic (exact) mass is 299 g/mol. The molecule has 1 heteroatoms. The molecule has 0 amide bonds. The first-order valence-electron chi connectivity index (χ1n) is 10.0. The third kappa shape index (κ3) is 28.8. The highest BCUT2D eigenvalue weighted by atomic mass is 14.5. The first kappa shape index (κ1) is 23.2. The average molecular weight is 300 g/mol. The van der Waals surface area contributed by atoms with Gasteiger partial charge in [0.25, 0.3) is 0 Å². The quantitative estimate of drug-likeness (QED) is 0.317. The van der Waals surface area contributed by atoms with Crippen LogP contribution >= 0.6 is 0 Å². The predicted octanol–water partition coefficient (Wildman–Crippen LogP) is 7.23. The summed E-state index contributed by atoms with van der Waals surface area (Å²) in [5.41, 5.74) is 5.39. The van der Waals surface area contributed by atoms with Crippen molar-refractivity contribution in [1.82, 2.24) is 0 Å². The summed E-state index contributed by atoms with van der Waals surface area (Å²) in [6, 6.07) is 0. The maximum Gasteiger partial charge on any atom is -0.00773 e. The Kier molecular flexibility index (Phi) is 27.6. The van der Waals surface area contributed by atoms with Crippen LogP contribution in [0.3, 0.4) is 0 Å². The minimum Gasteiger partial charge on any atom is -0.330 e. The number of nitrogens with two attached hydrogens (primary N) is 1. The van der Waals surface area contributed by atoms with Gasteiger partial charge in [-0.15, -0.1) is 0 Å². The fourth-order valence-electron chi connectivity index (χ4n) is 2.49. The highest BCUT2D eigenvalue weighted by Gasteiger charge is 1.89. The Morgan fingerprint density at radius 1 is 0.381 bits per heavy atom. The van der Waals surface area contributed by atoms with E-state index in [0.29, 0.717) is 0 Å². The van der Waals surface area contributed by atoms with Crippen molar-refractivity contribution >= 4 is 0 Å². The van der Waals surface area contributed by atoms with Crippen LogP contribution in [0.15, 0.2) is 0 Å². The fourth-order valence-corrected chi connectivity index (χ4v) is 2.49. The average Bonchev–Trinajstić information content (AvgIpc) is 2.51. The molecular weight excluding hydrogens is 254 g/mol. The van der Waals surface area contributed by atoms with Crippen molar-refractivity contribution in [3.63, 3.8) is 0 Å². The summed E-state index contributed by atoms with van der Waals surface area (Å²) >= 11 is 0. The smallest absolute Gasteiger partial charge is 0.00773 e. The van der Waals surface area contributed by atoms with Crippen LogP contribution in [0.4, 0.5) is 0 Å². The largest absolute Gasteiger partial charge is 0.330 e. The Balaban J connectivity index is 0. The van der Waals surface area contributed by atoms with E-state index in [0.717, 1.165) is 6.54 Å². The molecule has 21 heavy (non-hydrogen) atoms. The summed E-state index contributed by atoms with van der Waals surface area (Å²) in [6.07, 6.45) is 22.4. The maximum absolute atomic E-state index is 5.39. The fraction of sp³-hybridized carbons (Fsp3) is 1.00. The molecule has 130 valence electrons. The first-order chi connectivity index (χ1) is 10.3. The standard InChI is InChI=1S/C10H23N.C10H22/c1-2-3-4-5-6-7-8-9-10-11;1-3-5-7-9-10-8-6-4-2/h2-11H2,1H3;3-10H2,1-2H3. The van der Waals surface area contributed by atoms with Gasteiger partial charge in [0.15, 0.2) is 0 Å². The summed E-state index contributed by atoms with van der Waals surface area (Å²) in [5.74, 6) is 0. The van der Waals surface area contributed by atoms with E-state index in [1.54, 1.807) is 0 Å². The molecule has 0 aliphatic rings. The van der Waals surface area contributed by atoms with Crippen molar-refractivity contribution in [3.8, 4) is 0 Å².